The fourth-order valence-corrected chi connectivity index (χ4v) is 1.14. The van der Waals surface area contributed by atoms with Crippen LogP contribution < -0.4 is 10.2 Å². The van der Waals surface area contributed by atoms with E-state index in [4.69, 9.17) is 13.9 Å². The Kier molecular flexibility index (Phi) is 3.13. The van der Waals surface area contributed by atoms with E-state index in [1.165, 1.54) is 15.4 Å². The van der Waals surface area contributed by atoms with Crippen LogP contribution in [0.5, 0.6) is 5.75 Å². The maximum absolute atomic E-state index is 5.10. The molecule has 14 heavy (non-hydrogen) atoms. The summed E-state index contributed by atoms with van der Waals surface area (Å²) in [6.07, 6.45) is 0. The van der Waals surface area contributed by atoms with Crippen molar-refractivity contribution in [1.82, 2.24) is 0 Å². The van der Waals surface area contributed by atoms with Crippen LogP contribution >= 0.6 is 0 Å². The standard InChI is InChI=1S/C7H7B3O4/c1-11-7-4-2-6(3-5-7)10-13-8-12-9-14-10/h2-5H,1H3. The third kappa shape index (κ3) is 2.12. The van der Waals surface area contributed by atoms with Crippen molar-refractivity contribution in [3.8, 4) is 5.75 Å². The van der Waals surface area contributed by atoms with Crippen LogP contribution in [-0.4, -0.2) is 29.6 Å². The van der Waals surface area contributed by atoms with E-state index in [1.54, 1.807) is 7.11 Å². The van der Waals surface area contributed by atoms with Gasteiger partial charge >= 0.3 is 22.5 Å². The van der Waals surface area contributed by atoms with Gasteiger partial charge in [-0.25, -0.2) is 0 Å². The highest BCUT2D eigenvalue weighted by atomic mass is 16.7. The molecule has 0 unspecified atom stereocenters. The molecule has 4 nitrogen and oxygen atoms in total. The fourth-order valence-electron chi connectivity index (χ4n) is 1.14. The molecule has 0 N–H and O–H groups in total. The first kappa shape index (κ1) is 9.64. The van der Waals surface area contributed by atoms with E-state index in [2.05, 4.69) is 4.57 Å². The molecule has 2 rings (SSSR count). The Hall–Kier alpha value is -0.905. The lowest BCUT2D eigenvalue weighted by Crippen LogP contribution is -2.44. The molecule has 2 radical (unpaired) electrons. The van der Waals surface area contributed by atoms with E-state index in [0.29, 0.717) is 0 Å². The molecule has 1 aromatic carbocycles. The van der Waals surface area contributed by atoms with Crippen molar-refractivity contribution >= 4 is 28.0 Å². The van der Waals surface area contributed by atoms with Crippen molar-refractivity contribution < 1.29 is 18.5 Å². The summed E-state index contributed by atoms with van der Waals surface area (Å²) in [6.45, 7) is 0. The smallest absolute Gasteiger partial charge is 0.465 e. The minimum absolute atomic E-state index is 0.436. The molecule has 0 aromatic heterocycles. The Labute approximate surface area is 84.3 Å². The van der Waals surface area contributed by atoms with Crippen molar-refractivity contribution in [2.75, 3.05) is 7.11 Å². The molecule has 0 saturated carbocycles. The van der Waals surface area contributed by atoms with Gasteiger partial charge in [-0.1, -0.05) is 12.1 Å². The third-order valence-corrected chi connectivity index (χ3v) is 1.86. The van der Waals surface area contributed by atoms with Crippen LogP contribution in [0.15, 0.2) is 24.3 Å². The Morgan fingerprint density at radius 1 is 1.14 bits per heavy atom. The first-order chi connectivity index (χ1) is 6.90. The van der Waals surface area contributed by atoms with Crippen molar-refractivity contribution in [3.05, 3.63) is 24.3 Å². The zero-order valence-electron chi connectivity index (χ0n) is 7.67. The van der Waals surface area contributed by atoms with Crippen molar-refractivity contribution in [3.63, 3.8) is 0 Å². The average Bonchev–Trinajstić information content (AvgIpc) is 2.30. The highest BCUT2D eigenvalue weighted by molar-refractivity contribution is 6.71. The SMILES string of the molecule is COc1ccc(B2O[B]O[B]O2)cc1. The van der Waals surface area contributed by atoms with E-state index in [0.717, 1.165) is 11.2 Å². The number of rotatable bonds is 2. The lowest BCUT2D eigenvalue weighted by molar-refractivity contribution is 0.334. The average molecular weight is 188 g/mol. The highest BCUT2D eigenvalue weighted by Gasteiger charge is 2.26. The first-order valence-electron chi connectivity index (χ1n) is 4.14. The molecule has 7 heteroatoms. The summed E-state index contributed by atoms with van der Waals surface area (Å²) >= 11 is 0. The summed E-state index contributed by atoms with van der Waals surface area (Å²) < 4.78 is 19.9. The summed E-state index contributed by atoms with van der Waals surface area (Å²) in [5.41, 5.74) is 0.904. The van der Waals surface area contributed by atoms with Gasteiger partial charge in [0.2, 0.25) is 0 Å². The van der Waals surface area contributed by atoms with Gasteiger partial charge in [0, 0.05) is 0 Å². The van der Waals surface area contributed by atoms with Crippen LogP contribution in [0, 0.1) is 0 Å². The maximum Gasteiger partial charge on any atom is 0.465 e. The Morgan fingerprint density at radius 2 is 1.79 bits per heavy atom. The van der Waals surface area contributed by atoms with Crippen molar-refractivity contribution in [2.45, 2.75) is 0 Å². The van der Waals surface area contributed by atoms with Gasteiger partial charge in [-0.2, -0.15) is 0 Å². The third-order valence-electron chi connectivity index (χ3n) is 1.86. The van der Waals surface area contributed by atoms with Gasteiger partial charge in [0.1, 0.15) is 5.75 Å². The fraction of sp³-hybridized carbons (Fsp3) is 0.143. The predicted octanol–water partition coefficient (Wildman–Crippen LogP) is -0.478. The van der Waals surface area contributed by atoms with Crippen LogP contribution in [-0.2, 0) is 13.7 Å². The van der Waals surface area contributed by atoms with Gasteiger partial charge in [-0.05, 0) is 17.6 Å². The summed E-state index contributed by atoms with van der Waals surface area (Å²) in [4.78, 5) is 0. The number of hydrogen-bond acceptors (Lipinski definition) is 4. The van der Waals surface area contributed by atoms with Gasteiger partial charge in [-0.3, -0.25) is 0 Å². The van der Waals surface area contributed by atoms with Gasteiger partial charge in [0.15, 0.2) is 0 Å². The molecule has 0 bridgehead atoms. The quantitative estimate of drug-likeness (QED) is 0.587. The normalized spacial score (nSPS) is 15.6. The molecular formula is C7H7B3O4. The van der Waals surface area contributed by atoms with E-state index < -0.39 is 7.12 Å². The van der Waals surface area contributed by atoms with Crippen LogP contribution in [0.2, 0.25) is 0 Å². The highest BCUT2D eigenvalue weighted by Crippen LogP contribution is 2.07. The van der Waals surface area contributed by atoms with Crippen LogP contribution in [0.4, 0.5) is 0 Å². The molecule has 0 atom stereocenters. The zero-order valence-corrected chi connectivity index (χ0v) is 7.67. The molecule has 1 aromatic rings. The molecule has 1 aliphatic rings. The topological polar surface area (TPSA) is 36.9 Å². The minimum Gasteiger partial charge on any atom is -0.497 e. The monoisotopic (exact) mass is 188 g/mol. The molecule has 68 valence electrons. The summed E-state index contributed by atoms with van der Waals surface area (Å²) in [6, 6.07) is 7.43. The summed E-state index contributed by atoms with van der Waals surface area (Å²) in [7, 11) is 3.66. The Balaban J connectivity index is 2.07. The Bertz CT molecular complexity index is 285. The van der Waals surface area contributed by atoms with Crippen molar-refractivity contribution in [2.24, 2.45) is 0 Å². The minimum atomic E-state index is -0.436. The lowest BCUT2D eigenvalue weighted by atomic mass is 9.75. The van der Waals surface area contributed by atoms with E-state index in [9.17, 15) is 0 Å². The molecule has 1 saturated heterocycles. The van der Waals surface area contributed by atoms with Gasteiger partial charge < -0.3 is 18.5 Å². The molecular weight excluding hydrogens is 181 g/mol. The molecule has 1 aliphatic heterocycles. The molecule has 0 aliphatic carbocycles. The van der Waals surface area contributed by atoms with Crippen LogP contribution in [0.1, 0.15) is 0 Å². The second-order valence-electron chi connectivity index (χ2n) is 2.71. The number of hydrogen-bond donors (Lipinski definition) is 0. The lowest BCUT2D eigenvalue weighted by Gasteiger charge is -2.18. The van der Waals surface area contributed by atoms with Gasteiger partial charge in [-0.15, -0.1) is 0 Å². The van der Waals surface area contributed by atoms with Gasteiger partial charge in [0.25, 0.3) is 0 Å². The molecule has 1 heterocycles. The molecule has 0 spiro atoms. The van der Waals surface area contributed by atoms with E-state index in [-0.39, 0.29) is 0 Å². The molecule has 0 amide bonds. The summed E-state index contributed by atoms with van der Waals surface area (Å²) in [5, 5.41) is 0. The second-order valence-corrected chi connectivity index (χ2v) is 2.71. The first-order valence-corrected chi connectivity index (χ1v) is 4.14. The largest absolute Gasteiger partial charge is 0.497 e. The number of ether oxygens (including phenoxy) is 1. The van der Waals surface area contributed by atoms with Crippen molar-refractivity contribution in [1.29, 1.82) is 0 Å². The second kappa shape index (κ2) is 4.55. The number of benzene rings is 1. The predicted molar refractivity (Wildman–Crippen MR) is 53.1 cm³/mol. The number of methoxy groups -OCH3 is 1. The van der Waals surface area contributed by atoms with Crippen LogP contribution in [0.3, 0.4) is 0 Å². The summed E-state index contributed by atoms with van der Waals surface area (Å²) in [5.74, 6) is 0.800. The van der Waals surface area contributed by atoms with Gasteiger partial charge in [0.05, 0.1) is 7.11 Å². The maximum atomic E-state index is 5.10. The molecule has 1 fully saturated rings. The van der Waals surface area contributed by atoms with E-state index >= 15 is 0 Å². The van der Waals surface area contributed by atoms with E-state index in [1.807, 2.05) is 24.3 Å². The van der Waals surface area contributed by atoms with Crippen LogP contribution in [0.25, 0.3) is 0 Å². The Morgan fingerprint density at radius 3 is 2.36 bits per heavy atom. The zero-order chi connectivity index (χ0) is 9.80.